The zero-order valence-corrected chi connectivity index (χ0v) is 15.2. The first-order valence-electron chi connectivity index (χ1n) is 9.40. The number of benzene rings is 1. The summed E-state index contributed by atoms with van der Waals surface area (Å²) in [6, 6.07) is 6.86. The zero-order chi connectivity index (χ0) is 18.0. The number of amides is 3. The molecule has 6 nitrogen and oxygen atoms in total. The summed E-state index contributed by atoms with van der Waals surface area (Å²) in [6.07, 6.45) is 2.15. The minimum absolute atomic E-state index is 0.188. The molecule has 0 unspecified atom stereocenters. The molecule has 3 atom stereocenters. The van der Waals surface area contributed by atoms with E-state index in [1.165, 1.54) is 27.7 Å². The number of fused-ring (bicyclic) bond motifs is 2. The van der Waals surface area contributed by atoms with Crippen LogP contribution in [0.4, 0.5) is 4.79 Å². The fourth-order valence-corrected chi connectivity index (χ4v) is 5.40. The van der Waals surface area contributed by atoms with Gasteiger partial charge >= 0.3 is 6.03 Å². The molecule has 3 aliphatic rings. The fourth-order valence-electron chi connectivity index (χ4n) is 5.40. The molecule has 0 radical (unpaired) electrons. The summed E-state index contributed by atoms with van der Waals surface area (Å²) in [5.41, 5.74) is 5.43. The number of rotatable bonds is 2. The molecule has 2 N–H and O–H groups in total. The van der Waals surface area contributed by atoms with Gasteiger partial charge in [-0.3, -0.25) is 10.1 Å². The average Bonchev–Trinajstić information content (AvgIpc) is 3.08. The van der Waals surface area contributed by atoms with Gasteiger partial charge in [-0.2, -0.15) is 0 Å². The summed E-state index contributed by atoms with van der Waals surface area (Å²) in [5.74, 6) is 0.674. The highest BCUT2D eigenvalue weighted by Crippen LogP contribution is 2.45. The highest BCUT2D eigenvalue weighted by atomic mass is 16.2. The molecule has 2 aromatic rings. The van der Waals surface area contributed by atoms with Crippen LogP contribution in [0.3, 0.4) is 0 Å². The van der Waals surface area contributed by atoms with Crippen LogP contribution in [0.25, 0.3) is 10.9 Å². The Morgan fingerprint density at radius 1 is 1.27 bits per heavy atom. The van der Waals surface area contributed by atoms with Crippen molar-refractivity contribution in [2.75, 3.05) is 26.7 Å². The number of H-pyrrole nitrogens is 1. The van der Waals surface area contributed by atoms with Crippen molar-refractivity contribution in [2.45, 2.75) is 31.7 Å². The van der Waals surface area contributed by atoms with Gasteiger partial charge in [0.25, 0.3) is 0 Å². The monoisotopic (exact) mass is 352 g/mol. The van der Waals surface area contributed by atoms with Crippen LogP contribution >= 0.6 is 0 Å². The number of nitrogens with zero attached hydrogens (tertiary/aromatic N) is 2. The van der Waals surface area contributed by atoms with Gasteiger partial charge in [0.15, 0.2) is 0 Å². The molecular weight excluding hydrogens is 328 g/mol. The number of hydrogen-bond donors (Lipinski definition) is 2. The lowest BCUT2D eigenvalue weighted by molar-refractivity contribution is -0.118. The first-order valence-corrected chi connectivity index (χ1v) is 9.40. The van der Waals surface area contributed by atoms with Crippen molar-refractivity contribution in [2.24, 2.45) is 5.92 Å². The summed E-state index contributed by atoms with van der Waals surface area (Å²) in [6.45, 7) is 3.99. The molecule has 26 heavy (non-hydrogen) atoms. The molecule has 0 spiro atoms. The lowest BCUT2D eigenvalue weighted by Crippen LogP contribution is -2.50. The van der Waals surface area contributed by atoms with Crippen LogP contribution in [-0.4, -0.2) is 59.4 Å². The number of likely N-dealkylation sites (tertiary alicyclic amines) is 1. The van der Waals surface area contributed by atoms with Crippen molar-refractivity contribution >= 4 is 22.8 Å². The normalized spacial score (nSPS) is 28.5. The number of nitrogens with one attached hydrogen (secondary N) is 2. The molecule has 1 aromatic carbocycles. The summed E-state index contributed by atoms with van der Waals surface area (Å²) in [5, 5.41) is 3.80. The van der Waals surface area contributed by atoms with Crippen molar-refractivity contribution in [1.82, 2.24) is 20.1 Å². The zero-order valence-electron chi connectivity index (χ0n) is 15.2. The maximum atomic E-state index is 11.9. The van der Waals surface area contributed by atoms with Gasteiger partial charge in [-0.25, -0.2) is 4.79 Å². The van der Waals surface area contributed by atoms with Gasteiger partial charge in [0, 0.05) is 41.6 Å². The largest absolute Gasteiger partial charge is 0.358 e. The van der Waals surface area contributed by atoms with E-state index < -0.39 is 0 Å². The van der Waals surface area contributed by atoms with E-state index in [-0.39, 0.29) is 18.5 Å². The van der Waals surface area contributed by atoms with Gasteiger partial charge in [-0.15, -0.1) is 0 Å². The van der Waals surface area contributed by atoms with Gasteiger partial charge in [0.05, 0.1) is 0 Å². The summed E-state index contributed by atoms with van der Waals surface area (Å²) >= 11 is 0. The molecule has 2 saturated heterocycles. The van der Waals surface area contributed by atoms with Crippen LogP contribution in [0.5, 0.6) is 0 Å². The number of likely N-dealkylation sites (N-methyl/N-ethyl adjacent to an activating group) is 1. The van der Waals surface area contributed by atoms with Gasteiger partial charge in [-0.05, 0) is 49.9 Å². The topological polar surface area (TPSA) is 68.4 Å². The molecule has 6 heteroatoms. The predicted molar refractivity (Wildman–Crippen MR) is 99.1 cm³/mol. The summed E-state index contributed by atoms with van der Waals surface area (Å²) < 4.78 is 0. The number of aromatic amines is 1. The van der Waals surface area contributed by atoms with E-state index in [1.807, 2.05) is 0 Å². The Morgan fingerprint density at radius 3 is 2.88 bits per heavy atom. The number of carbonyl (C=O) groups is 2. The minimum atomic E-state index is -0.242. The van der Waals surface area contributed by atoms with E-state index in [1.54, 1.807) is 4.90 Å². The maximum absolute atomic E-state index is 11.9. The highest BCUT2D eigenvalue weighted by molar-refractivity contribution is 6.01. The lowest BCUT2D eigenvalue weighted by Gasteiger charge is -2.46. The number of carbonyl (C=O) groups excluding carboxylic acids is 2. The SMILES string of the molecule is Cc1[nH]c2cccc3c2c1C[C@@H]1[C@@H]3C[C@@H](CN2CC(=O)NC2=O)CN1C. The molecule has 5 rings (SSSR count). The molecule has 136 valence electrons. The Hall–Kier alpha value is -2.34. The van der Waals surface area contributed by atoms with Crippen molar-refractivity contribution in [3.05, 3.63) is 35.0 Å². The van der Waals surface area contributed by atoms with Crippen LogP contribution in [-0.2, 0) is 11.2 Å². The van der Waals surface area contributed by atoms with Crippen LogP contribution in [0.15, 0.2) is 18.2 Å². The van der Waals surface area contributed by atoms with E-state index >= 15 is 0 Å². The van der Waals surface area contributed by atoms with Crippen molar-refractivity contribution in [3.63, 3.8) is 0 Å². The third-order valence-corrected chi connectivity index (χ3v) is 6.50. The van der Waals surface area contributed by atoms with Crippen LogP contribution in [0, 0.1) is 12.8 Å². The second-order valence-corrected chi connectivity index (χ2v) is 8.15. The Labute approximate surface area is 152 Å². The van der Waals surface area contributed by atoms with Crippen LogP contribution < -0.4 is 5.32 Å². The lowest BCUT2D eigenvalue weighted by atomic mass is 9.72. The quantitative estimate of drug-likeness (QED) is 0.812. The van der Waals surface area contributed by atoms with E-state index in [0.29, 0.717) is 24.4 Å². The molecule has 2 aliphatic heterocycles. The molecular formula is C20H24N4O2. The maximum Gasteiger partial charge on any atom is 0.324 e. The number of hydrogen-bond acceptors (Lipinski definition) is 3. The molecule has 1 aromatic heterocycles. The van der Waals surface area contributed by atoms with Crippen LogP contribution in [0.2, 0.25) is 0 Å². The average molecular weight is 352 g/mol. The second kappa shape index (κ2) is 5.58. The molecule has 3 amide bonds. The Balaban J connectivity index is 1.46. The number of aryl methyl sites for hydroxylation is 1. The van der Waals surface area contributed by atoms with Gasteiger partial charge in [0.2, 0.25) is 5.91 Å². The first-order chi connectivity index (χ1) is 12.5. The van der Waals surface area contributed by atoms with E-state index in [0.717, 1.165) is 19.4 Å². The highest BCUT2D eigenvalue weighted by Gasteiger charge is 2.41. The van der Waals surface area contributed by atoms with E-state index in [2.05, 4.69) is 47.4 Å². The van der Waals surface area contributed by atoms with Gasteiger partial charge < -0.3 is 14.8 Å². The fraction of sp³-hybridized carbons (Fsp3) is 0.500. The van der Waals surface area contributed by atoms with Gasteiger partial charge in [-0.1, -0.05) is 12.1 Å². The van der Waals surface area contributed by atoms with Gasteiger partial charge in [0.1, 0.15) is 6.54 Å². The van der Waals surface area contributed by atoms with Crippen molar-refractivity contribution < 1.29 is 9.59 Å². The number of urea groups is 1. The smallest absolute Gasteiger partial charge is 0.324 e. The Morgan fingerprint density at radius 2 is 2.12 bits per heavy atom. The van der Waals surface area contributed by atoms with E-state index in [4.69, 9.17) is 0 Å². The van der Waals surface area contributed by atoms with Crippen LogP contribution in [0.1, 0.15) is 29.2 Å². The molecule has 2 fully saturated rings. The summed E-state index contributed by atoms with van der Waals surface area (Å²) in [4.78, 5) is 31.1. The third kappa shape index (κ3) is 2.28. The summed E-state index contributed by atoms with van der Waals surface area (Å²) in [7, 11) is 2.20. The second-order valence-electron chi connectivity index (χ2n) is 8.15. The molecule has 1 aliphatic carbocycles. The molecule has 0 bridgehead atoms. The third-order valence-electron chi connectivity index (χ3n) is 6.50. The molecule has 3 heterocycles. The Kier molecular flexibility index (Phi) is 3.41. The van der Waals surface area contributed by atoms with Crippen molar-refractivity contribution in [1.29, 1.82) is 0 Å². The van der Waals surface area contributed by atoms with E-state index in [9.17, 15) is 9.59 Å². The van der Waals surface area contributed by atoms with Crippen molar-refractivity contribution in [3.8, 4) is 0 Å². The number of aromatic nitrogens is 1. The number of imide groups is 1. The predicted octanol–water partition coefficient (Wildman–Crippen LogP) is 1.99. The Bertz CT molecular complexity index is 918. The first kappa shape index (κ1) is 15.9. The minimum Gasteiger partial charge on any atom is -0.358 e. The number of piperidine rings is 1. The standard InChI is InChI=1S/C20H24N4O2/c1-11-14-7-17-15(13-4-3-5-16(21-11)19(13)14)6-12(8-23(17)2)9-24-10-18(25)22-20(24)26/h3-5,12,15,17,21H,6-10H2,1-2H3,(H,22,25,26)/t12-,15-,17-/m1/s1. The molecule has 0 saturated carbocycles.